The molecule has 4 heteroatoms. The topological polar surface area (TPSA) is 52.6 Å². The van der Waals surface area contributed by atoms with Gasteiger partial charge in [-0.05, 0) is 43.9 Å². The fraction of sp³-hybridized carbons (Fsp3) is 0.889. The maximum atomic E-state index is 11.2. The lowest BCUT2D eigenvalue weighted by atomic mass is 10.1. The Morgan fingerprint density at radius 3 is 1.86 bits per heavy atom. The molecule has 1 atom stereocenters. The predicted octanol–water partition coefficient (Wildman–Crippen LogP) is 3.97. The van der Waals surface area contributed by atoms with Crippen molar-refractivity contribution in [2.24, 2.45) is 23.7 Å². The molecular weight excluding hydrogens is 280 g/mol. The highest BCUT2D eigenvalue weighted by Crippen LogP contribution is 2.36. The van der Waals surface area contributed by atoms with Crippen LogP contribution >= 0.6 is 0 Å². The van der Waals surface area contributed by atoms with Crippen LogP contribution in [0.5, 0.6) is 0 Å². The molecule has 22 heavy (non-hydrogen) atoms. The number of ether oxygens (including phenoxy) is 2. The standard InChI is InChI=1S/C10H18O2.C8H14O2/c1-4-9(8-5-6-8)12-10(11)7(2)3;1-6(2)8(9)10-5-7-3-4-7/h7-9H,4-6H2,1-3H3;6-7H,3-5H2,1-2H3/t9-;/m1./s1. The Morgan fingerprint density at radius 2 is 1.50 bits per heavy atom. The van der Waals surface area contributed by atoms with Gasteiger partial charge < -0.3 is 9.47 Å². The summed E-state index contributed by atoms with van der Waals surface area (Å²) in [4.78, 5) is 22.1. The third-order valence-electron chi connectivity index (χ3n) is 3.92. The molecule has 0 heterocycles. The molecule has 0 aromatic carbocycles. The van der Waals surface area contributed by atoms with Crippen molar-refractivity contribution >= 4 is 11.9 Å². The van der Waals surface area contributed by atoms with Gasteiger partial charge in [0.15, 0.2) is 0 Å². The van der Waals surface area contributed by atoms with Gasteiger partial charge in [0, 0.05) is 0 Å². The molecule has 0 aromatic rings. The summed E-state index contributed by atoms with van der Waals surface area (Å²) in [6, 6.07) is 0. The van der Waals surface area contributed by atoms with Crippen molar-refractivity contribution in [3.63, 3.8) is 0 Å². The van der Waals surface area contributed by atoms with Gasteiger partial charge in [0.2, 0.25) is 0 Å². The molecule has 0 aliphatic heterocycles. The van der Waals surface area contributed by atoms with Gasteiger partial charge in [-0.15, -0.1) is 0 Å². The number of rotatable bonds is 7. The molecule has 0 N–H and O–H groups in total. The van der Waals surface area contributed by atoms with E-state index < -0.39 is 0 Å². The molecule has 0 unspecified atom stereocenters. The molecule has 0 aromatic heterocycles. The van der Waals surface area contributed by atoms with E-state index in [9.17, 15) is 9.59 Å². The second-order valence-corrected chi connectivity index (χ2v) is 7.10. The quantitative estimate of drug-likeness (QED) is 0.667. The zero-order chi connectivity index (χ0) is 16.7. The van der Waals surface area contributed by atoms with Crippen LogP contribution in [0.15, 0.2) is 0 Å². The van der Waals surface area contributed by atoms with Gasteiger partial charge in [0.05, 0.1) is 18.4 Å². The van der Waals surface area contributed by atoms with E-state index in [0.29, 0.717) is 18.4 Å². The monoisotopic (exact) mass is 312 g/mol. The number of carbonyl (C=O) groups excluding carboxylic acids is 2. The van der Waals surface area contributed by atoms with Gasteiger partial charge in [0.1, 0.15) is 6.10 Å². The van der Waals surface area contributed by atoms with Gasteiger partial charge >= 0.3 is 11.9 Å². The van der Waals surface area contributed by atoms with Crippen molar-refractivity contribution in [2.45, 2.75) is 72.8 Å². The van der Waals surface area contributed by atoms with Gasteiger partial charge in [-0.1, -0.05) is 34.6 Å². The molecule has 2 rings (SSSR count). The van der Waals surface area contributed by atoms with Crippen LogP contribution in [0, 0.1) is 23.7 Å². The first-order valence-corrected chi connectivity index (χ1v) is 8.72. The van der Waals surface area contributed by atoms with E-state index in [1.807, 2.05) is 27.7 Å². The maximum absolute atomic E-state index is 11.2. The Bertz CT molecular complexity index is 354. The number of hydrogen-bond acceptors (Lipinski definition) is 4. The first-order chi connectivity index (χ1) is 10.3. The Balaban J connectivity index is 0.000000224. The van der Waals surface area contributed by atoms with E-state index in [1.165, 1.54) is 25.7 Å². The molecule has 0 amide bonds. The normalized spacial score (nSPS) is 18.5. The first-order valence-electron chi connectivity index (χ1n) is 8.72. The second kappa shape index (κ2) is 9.16. The number of hydrogen-bond donors (Lipinski definition) is 0. The van der Waals surface area contributed by atoms with Crippen LogP contribution < -0.4 is 0 Å². The summed E-state index contributed by atoms with van der Waals surface area (Å²) >= 11 is 0. The molecule has 0 bridgehead atoms. The van der Waals surface area contributed by atoms with Crippen LogP contribution in [0.4, 0.5) is 0 Å². The van der Waals surface area contributed by atoms with Gasteiger partial charge in [0.25, 0.3) is 0 Å². The lowest BCUT2D eigenvalue weighted by Gasteiger charge is -2.16. The highest BCUT2D eigenvalue weighted by Gasteiger charge is 2.33. The molecule has 2 aliphatic rings. The molecule has 2 fully saturated rings. The molecular formula is C18H32O4. The average molecular weight is 312 g/mol. The molecule has 0 spiro atoms. The Morgan fingerprint density at radius 1 is 0.955 bits per heavy atom. The van der Waals surface area contributed by atoms with Gasteiger partial charge in [-0.3, -0.25) is 9.59 Å². The number of carbonyl (C=O) groups is 2. The summed E-state index contributed by atoms with van der Waals surface area (Å²) in [5.74, 6) is 1.28. The summed E-state index contributed by atoms with van der Waals surface area (Å²) in [6.45, 7) is 10.2. The van der Waals surface area contributed by atoms with Crippen LogP contribution in [0.3, 0.4) is 0 Å². The van der Waals surface area contributed by atoms with E-state index in [4.69, 9.17) is 9.47 Å². The smallest absolute Gasteiger partial charge is 0.308 e. The van der Waals surface area contributed by atoms with E-state index in [0.717, 1.165) is 6.42 Å². The predicted molar refractivity (Wildman–Crippen MR) is 86.3 cm³/mol. The minimum Gasteiger partial charge on any atom is -0.465 e. The zero-order valence-electron chi connectivity index (χ0n) is 14.8. The van der Waals surface area contributed by atoms with E-state index in [2.05, 4.69) is 6.92 Å². The van der Waals surface area contributed by atoms with Crippen molar-refractivity contribution in [1.82, 2.24) is 0 Å². The molecule has 2 saturated carbocycles. The summed E-state index contributed by atoms with van der Waals surface area (Å²) in [7, 11) is 0. The third kappa shape index (κ3) is 7.81. The largest absolute Gasteiger partial charge is 0.465 e. The van der Waals surface area contributed by atoms with Gasteiger partial charge in [-0.25, -0.2) is 0 Å². The maximum Gasteiger partial charge on any atom is 0.308 e. The lowest BCUT2D eigenvalue weighted by Crippen LogP contribution is -2.22. The molecule has 128 valence electrons. The zero-order valence-corrected chi connectivity index (χ0v) is 14.8. The van der Waals surface area contributed by atoms with Crippen molar-refractivity contribution in [3.8, 4) is 0 Å². The van der Waals surface area contributed by atoms with Crippen molar-refractivity contribution < 1.29 is 19.1 Å². The van der Waals surface area contributed by atoms with E-state index in [-0.39, 0.29) is 29.9 Å². The minimum atomic E-state index is -0.0631. The van der Waals surface area contributed by atoms with Crippen LogP contribution in [0.25, 0.3) is 0 Å². The Kier molecular flexibility index (Phi) is 7.91. The van der Waals surface area contributed by atoms with Crippen molar-refractivity contribution in [1.29, 1.82) is 0 Å². The van der Waals surface area contributed by atoms with E-state index in [1.54, 1.807) is 0 Å². The number of esters is 2. The van der Waals surface area contributed by atoms with Gasteiger partial charge in [-0.2, -0.15) is 0 Å². The Labute approximate surface area is 134 Å². The lowest BCUT2D eigenvalue weighted by molar-refractivity contribution is -0.154. The summed E-state index contributed by atoms with van der Waals surface area (Å²) in [5.41, 5.74) is 0. The van der Waals surface area contributed by atoms with Crippen LogP contribution in [-0.4, -0.2) is 24.6 Å². The molecule has 2 aliphatic carbocycles. The molecule has 0 radical (unpaired) electrons. The van der Waals surface area contributed by atoms with Crippen molar-refractivity contribution in [2.75, 3.05) is 6.61 Å². The summed E-state index contributed by atoms with van der Waals surface area (Å²) in [6.07, 6.45) is 6.12. The summed E-state index contributed by atoms with van der Waals surface area (Å²) in [5, 5.41) is 0. The fourth-order valence-corrected chi connectivity index (χ4v) is 1.92. The van der Waals surface area contributed by atoms with E-state index >= 15 is 0 Å². The highest BCUT2D eigenvalue weighted by molar-refractivity contribution is 5.72. The van der Waals surface area contributed by atoms with Crippen LogP contribution in [0.1, 0.15) is 66.7 Å². The molecule has 0 saturated heterocycles. The molecule has 4 nitrogen and oxygen atoms in total. The third-order valence-corrected chi connectivity index (χ3v) is 3.92. The Hall–Kier alpha value is -1.06. The first kappa shape index (κ1) is 19.0. The fourth-order valence-electron chi connectivity index (χ4n) is 1.92. The minimum absolute atomic E-state index is 0.0119. The van der Waals surface area contributed by atoms with Crippen molar-refractivity contribution in [3.05, 3.63) is 0 Å². The SMILES string of the molecule is CC(C)C(=O)OCC1CC1.CC[C@@H](OC(=O)C(C)C)C1CC1. The van der Waals surface area contributed by atoms with Crippen LogP contribution in [0.2, 0.25) is 0 Å². The van der Waals surface area contributed by atoms with Crippen LogP contribution in [-0.2, 0) is 19.1 Å². The summed E-state index contributed by atoms with van der Waals surface area (Å²) < 4.78 is 10.3. The second-order valence-electron chi connectivity index (χ2n) is 7.10. The average Bonchev–Trinajstić information content (AvgIpc) is 3.35. The highest BCUT2D eigenvalue weighted by atomic mass is 16.5.